The molecule has 1 aromatic rings. The molecule has 0 radical (unpaired) electrons. The van der Waals surface area contributed by atoms with E-state index < -0.39 is 0 Å². The van der Waals surface area contributed by atoms with Crippen LogP contribution in [0.2, 0.25) is 0 Å². The van der Waals surface area contributed by atoms with Crippen molar-refractivity contribution in [3.8, 4) is 0 Å². The SMILES string of the molecule is NCc1c2c(nn1C1CCOCC1)CCC2. The number of hydrogen-bond acceptors (Lipinski definition) is 3. The highest BCUT2D eigenvalue weighted by Crippen LogP contribution is 2.29. The molecule has 2 heterocycles. The van der Waals surface area contributed by atoms with Crippen molar-refractivity contribution in [3.63, 3.8) is 0 Å². The third-order valence-corrected chi connectivity index (χ3v) is 3.77. The molecule has 0 spiro atoms. The van der Waals surface area contributed by atoms with E-state index in [-0.39, 0.29) is 0 Å². The Morgan fingerprint density at radius 1 is 1.31 bits per heavy atom. The van der Waals surface area contributed by atoms with E-state index >= 15 is 0 Å². The molecule has 0 saturated carbocycles. The molecule has 0 bridgehead atoms. The largest absolute Gasteiger partial charge is 0.381 e. The van der Waals surface area contributed by atoms with E-state index in [4.69, 9.17) is 15.6 Å². The van der Waals surface area contributed by atoms with Crippen LogP contribution in [0.15, 0.2) is 0 Å². The van der Waals surface area contributed by atoms with Crippen molar-refractivity contribution in [3.05, 3.63) is 17.0 Å². The minimum Gasteiger partial charge on any atom is -0.381 e. The van der Waals surface area contributed by atoms with Gasteiger partial charge in [0.2, 0.25) is 0 Å². The van der Waals surface area contributed by atoms with Crippen LogP contribution in [0.4, 0.5) is 0 Å². The summed E-state index contributed by atoms with van der Waals surface area (Å²) in [6.07, 6.45) is 5.71. The number of rotatable bonds is 2. The van der Waals surface area contributed by atoms with Crippen molar-refractivity contribution in [2.75, 3.05) is 13.2 Å². The molecule has 2 N–H and O–H groups in total. The summed E-state index contributed by atoms with van der Waals surface area (Å²) in [7, 11) is 0. The lowest BCUT2D eigenvalue weighted by molar-refractivity contribution is 0.0652. The van der Waals surface area contributed by atoms with Gasteiger partial charge in [0.25, 0.3) is 0 Å². The molecule has 2 aliphatic rings. The zero-order chi connectivity index (χ0) is 11.0. The molecule has 16 heavy (non-hydrogen) atoms. The molecule has 0 amide bonds. The second-order valence-corrected chi connectivity index (χ2v) is 4.72. The Kier molecular flexibility index (Phi) is 2.69. The summed E-state index contributed by atoms with van der Waals surface area (Å²) in [5.41, 5.74) is 9.90. The summed E-state index contributed by atoms with van der Waals surface area (Å²) >= 11 is 0. The summed E-state index contributed by atoms with van der Waals surface area (Å²) in [5.74, 6) is 0. The molecule has 88 valence electrons. The zero-order valence-electron chi connectivity index (χ0n) is 9.61. The Morgan fingerprint density at radius 3 is 2.88 bits per heavy atom. The van der Waals surface area contributed by atoms with Crippen LogP contribution in [-0.4, -0.2) is 23.0 Å². The first-order valence-electron chi connectivity index (χ1n) is 6.27. The number of nitrogens with two attached hydrogens (primary N) is 1. The molecule has 0 atom stereocenters. The van der Waals surface area contributed by atoms with Crippen molar-refractivity contribution in [1.82, 2.24) is 9.78 Å². The second-order valence-electron chi connectivity index (χ2n) is 4.72. The fourth-order valence-corrected chi connectivity index (χ4v) is 2.93. The highest BCUT2D eigenvalue weighted by molar-refractivity contribution is 5.30. The van der Waals surface area contributed by atoms with Gasteiger partial charge in [-0.2, -0.15) is 5.10 Å². The average molecular weight is 221 g/mol. The number of aromatic nitrogens is 2. The summed E-state index contributed by atoms with van der Waals surface area (Å²) < 4.78 is 7.60. The highest BCUT2D eigenvalue weighted by atomic mass is 16.5. The highest BCUT2D eigenvalue weighted by Gasteiger charge is 2.25. The van der Waals surface area contributed by atoms with Crippen LogP contribution in [0.3, 0.4) is 0 Å². The lowest BCUT2D eigenvalue weighted by Gasteiger charge is -2.24. The Hall–Kier alpha value is -0.870. The molecule has 0 unspecified atom stereocenters. The van der Waals surface area contributed by atoms with Gasteiger partial charge in [0.1, 0.15) is 0 Å². The van der Waals surface area contributed by atoms with Gasteiger partial charge in [0.05, 0.1) is 17.4 Å². The maximum absolute atomic E-state index is 5.88. The summed E-state index contributed by atoms with van der Waals surface area (Å²) in [6.45, 7) is 2.35. The fourth-order valence-electron chi connectivity index (χ4n) is 2.93. The van der Waals surface area contributed by atoms with Crippen LogP contribution in [-0.2, 0) is 24.1 Å². The lowest BCUT2D eigenvalue weighted by atomic mass is 10.1. The molecule has 0 aromatic carbocycles. The van der Waals surface area contributed by atoms with Crippen molar-refractivity contribution >= 4 is 0 Å². The fraction of sp³-hybridized carbons (Fsp3) is 0.750. The molecule has 1 fully saturated rings. The van der Waals surface area contributed by atoms with E-state index in [0.29, 0.717) is 12.6 Å². The maximum Gasteiger partial charge on any atom is 0.0660 e. The molecular formula is C12H19N3O. The van der Waals surface area contributed by atoms with Gasteiger partial charge >= 0.3 is 0 Å². The van der Waals surface area contributed by atoms with Crippen molar-refractivity contribution < 1.29 is 4.74 Å². The molecule has 1 aromatic heterocycles. The maximum atomic E-state index is 5.88. The van der Waals surface area contributed by atoms with Crippen LogP contribution in [0, 0.1) is 0 Å². The van der Waals surface area contributed by atoms with Gasteiger partial charge in [0.15, 0.2) is 0 Å². The number of nitrogens with zero attached hydrogens (tertiary/aromatic N) is 2. The van der Waals surface area contributed by atoms with Crippen LogP contribution in [0.25, 0.3) is 0 Å². The van der Waals surface area contributed by atoms with Gasteiger partial charge in [0, 0.05) is 19.8 Å². The second kappa shape index (κ2) is 4.18. The Labute approximate surface area is 95.8 Å². The summed E-state index contributed by atoms with van der Waals surface area (Å²) in [5, 5.41) is 4.77. The topological polar surface area (TPSA) is 53.1 Å². The first-order chi connectivity index (χ1) is 7.90. The van der Waals surface area contributed by atoms with Crippen LogP contribution in [0.1, 0.15) is 42.3 Å². The van der Waals surface area contributed by atoms with Gasteiger partial charge in [-0.05, 0) is 37.7 Å². The Balaban J connectivity index is 1.93. The lowest BCUT2D eigenvalue weighted by Crippen LogP contribution is -2.23. The molecule has 4 heteroatoms. The quantitative estimate of drug-likeness (QED) is 0.816. The Morgan fingerprint density at radius 2 is 2.12 bits per heavy atom. The standard InChI is InChI=1S/C12H19N3O/c13-8-12-10-2-1-3-11(10)14-15(12)9-4-6-16-7-5-9/h9H,1-8,13H2. The smallest absolute Gasteiger partial charge is 0.0660 e. The van der Waals surface area contributed by atoms with E-state index in [1.807, 2.05) is 0 Å². The van der Waals surface area contributed by atoms with Gasteiger partial charge in [-0.25, -0.2) is 0 Å². The van der Waals surface area contributed by atoms with Crippen molar-refractivity contribution in [2.24, 2.45) is 5.73 Å². The number of hydrogen-bond donors (Lipinski definition) is 1. The van der Waals surface area contributed by atoms with E-state index in [0.717, 1.165) is 32.5 Å². The van der Waals surface area contributed by atoms with Gasteiger partial charge in [-0.15, -0.1) is 0 Å². The van der Waals surface area contributed by atoms with Gasteiger partial charge in [-0.1, -0.05) is 0 Å². The number of aryl methyl sites for hydroxylation is 1. The molecule has 1 aliphatic carbocycles. The van der Waals surface area contributed by atoms with Gasteiger partial charge < -0.3 is 10.5 Å². The molecule has 4 nitrogen and oxygen atoms in total. The molecular weight excluding hydrogens is 202 g/mol. The van der Waals surface area contributed by atoms with Crippen LogP contribution >= 0.6 is 0 Å². The van der Waals surface area contributed by atoms with Crippen molar-refractivity contribution in [1.29, 1.82) is 0 Å². The summed E-state index contributed by atoms with van der Waals surface area (Å²) in [4.78, 5) is 0. The van der Waals surface area contributed by atoms with E-state index in [1.165, 1.54) is 29.8 Å². The third kappa shape index (κ3) is 1.57. The molecule has 3 rings (SSSR count). The number of ether oxygens (including phenoxy) is 1. The van der Waals surface area contributed by atoms with Gasteiger partial charge in [-0.3, -0.25) is 4.68 Å². The predicted molar refractivity (Wildman–Crippen MR) is 61.2 cm³/mol. The third-order valence-electron chi connectivity index (χ3n) is 3.77. The van der Waals surface area contributed by atoms with Crippen molar-refractivity contribution in [2.45, 2.75) is 44.7 Å². The van der Waals surface area contributed by atoms with Crippen LogP contribution in [0.5, 0.6) is 0 Å². The molecule has 1 aliphatic heterocycles. The number of fused-ring (bicyclic) bond motifs is 1. The first kappa shape index (κ1) is 10.3. The molecule has 1 saturated heterocycles. The monoisotopic (exact) mass is 221 g/mol. The minimum absolute atomic E-state index is 0.512. The van der Waals surface area contributed by atoms with E-state index in [9.17, 15) is 0 Å². The normalized spacial score (nSPS) is 21.3. The zero-order valence-corrected chi connectivity index (χ0v) is 9.61. The Bertz CT molecular complexity index is 380. The minimum atomic E-state index is 0.512. The average Bonchev–Trinajstić information content (AvgIpc) is 2.89. The van der Waals surface area contributed by atoms with E-state index in [2.05, 4.69) is 4.68 Å². The summed E-state index contributed by atoms with van der Waals surface area (Å²) in [6, 6.07) is 0.512. The van der Waals surface area contributed by atoms with E-state index in [1.54, 1.807) is 0 Å². The first-order valence-corrected chi connectivity index (χ1v) is 6.27. The predicted octanol–water partition coefficient (Wildman–Crippen LogP) is 1.18. The van der Waals surface area contributed by atoms with Crippen LogP contribution < -0.4 is 5.73 Å².